The van der Waals surface area contributed by atoms with Gasteiger partial charge in [0, 0.05) is 30.8 Å². The molecule has 0 unspecified atom stereocenters. The lowest BCUT2D eigenvalue weighted by Gasteiger charge is -2.23. The van der Waals surface area contributed by atoms with Crippen molar-refractivity contribution in [3.8, 4) is 11.5 Å². The number of nitrogens with two attached hydrogens (primary N) is 1. The number of amides is 1. The number of carboxylic acids is 1. The van der Waals surface area contributed by atoms with Gasteiger partial charge in [-0.15, -0.1) is 0 Å². The van der Waals surface area contributed by atoms with E-state index in [1.165, 1.54) is 0 Å². The zero-order valence-corrected chi connectivity index (χ0v) is 17.5. The summed E-state index contributed by atoms with van der Waals surface area (Å²) in [7, 11) is 0. The predicted molar refractivity (Wildman–Crippen MR) is 121 cm³/mol. The van der Waals surface area contributed by atoms with Crippen molar-refractivity contribution in [2.75, 3.05) is 11.4 Å². The third-order valence-corrected chi connectivity index (χ3v) is 4.94. The second kappa shape index (κ2) is 10.4. The van der Waals surface area contributed by atoms with E-state index in [2.05, 4.69) is 0 Å². The van der Waals surface area contributed by atoms with Gasteiger partial charge in [-0.3, -0.25) is 9.59 Å². The van der Waals surface area contributed by atoms with Crippen LogP contribution in [0.4, 0.5) is 5.69 Å². The van der Waals surface area contributed by atoms with Gasteiger partial charge >= 0.3 is 5.97 Å². The Kier molecular flexibility index (Phi) is 7.40. The zero-order chi connectivity index (χ0) is 22.2. The molecule has 0 saturated carbocycles. The average molecular weight is 418 g/mol. The van der Waals surface area contributed by atoms with E-state index in [0.717, 1.165) is 11.3 Å². The number of rotatable bonds is 9. The number of nitrogens with zero attached hydrogens (tertiary/aromatic N) is 1. The van der Waals surface area contributed by atoms with Crippen molar-refractivity contribution < 1.29 is 19.4 Å². The monoisotopic (exact) mass is 418 g/mol. The van der Waals surface area contributed by atoms with Crippen molar-refractivity contribution in [2.24, 2.45) is 5.73 Å². The molecule has 0 atom stereocenters. The van der Waals surface area contributed by atoms with Crippen LogP contribution in [0.2, 0.25) is 0 Å². The Bertz CT molecular complexity index is 1030. The van der Waals surface area contributed by atoms with E-state index < -0.39 is 5.97 Å². The molecule has 0 aromatic heterocycles. The number of carbonyl (C=O) groups is 2. The number of hydrogen-bond acceptors (Lipinski definition) is 4. The summed E-state index contributed by atoms with van der Waals surface area (Å²) >= 11 is 0. The molecular formula is C25H26N2O4. The summed E-state index contributed by atoms with van der Waals surface area (Å²) in [5.74, 6) is 0.0571. The van der Waals surface area contributed by atoms with Gasteiger partial charge in [0.2, 0.25) is 0 Å². The number of carboxylic acid groups (broad SMARTS) is 1. The lowest BCUT2D eigenvalue weighted by molar-refractivity contribution is -0.136. The minimum Gasteiger partial charge on any atom is -0.481 e. The number of para-hydroxylation sites is 1. The summed E-state index contributed by atoms with van der Waals surface area (Å²) < 4.78 is 5.90. The standard InChI is InChI=1S/C25H26N2O4/c1-2-27(20-12-8-18(17-26)9-13-20)25(30)23-16-22(31-21-6-4-3-5-7-21)14-10-19(23)11-15-24(28)29/h3-10,12-14,16H,2,11,15,17,26H2,1H3,(H,28,29). The number of aryl methyl sites for hydroxylation is 1. The largest absolute Gasteiger partial charge is 0.481 e. The van der Waals surface area contributed by atoms with Gasteiger partial charge in [0.05, 0.1) is 0 Å². The van der Waals surface area contributed by atoms with Crippen molar-refractivity contribution >= 4 is 17.6 Å². The first kappa shape index (κ1) is 22.1. The van der Waals surface area contributed by atoms with Crippen LogP contribution in [0.25, 0.3) is 0 Å². The molecule has 0 saturated heterocycles. The van der Waals surface area contributed by atoms with E-state index in [1.807, 2.05) is 61.5 Å². The number of ether oxygens (including phenoxy) is 1. The maximum Gasteiger partial charge on any atom is 0.303 e. The first-order valence-electron chi connectivity index (χ1n) is 10.2. The highest BCUT2D eigenvalue weighted by molar-refractivity contribution is 6.07. The highest BCUT2D eigenvalue weighted by Crippen LogP contribution is 2.27. The highest BCUT2D eigenvalue weighted by atomic mass is 16.5. The van der Waals surface area contributed by atoms with Crippen LogP contribution >= 0.6 is 0 Å². The van der Waals surface area contributed by atoms with Crippen molar-refractivity contribution in [3.05, 3.63) is 89.5 Å². The SMILES string of the molecule is CCN(C(=O)c1cc(Oc2ccccc2)ccc1CCC(=O)O)c1ccc(CN)cc1. The van der Waals surface area contributed by atoms with Crippen LogP contribution in [-0.4, -0.2) is 23.5 Å². The van der Waals surface area contributed by atoms with Crippen LogP contribution in [0.15, 0.2) is 72.8 Å². The molecule has 1 amide bonds. The Balaban J connectivity index is 1.95. The van der Waals surface area contributed by atoms with Gasteiger partial charge < -0.3 is 20.5 Å². The molecule has 0 aliphatic rings. The quantitative estimate of drug-likeness (QED) is 0.529. The van der Waals surface area contributed by atoms with Gasteiger partial charge in [0.15, 0.2) is 0 Å². The van der Waals surface area contributed by atoms with E-state index in [0.29, 0.717) is 35.7 Å². The molecule has 0 spiro atoms. The van der Waals surface area contributed by atoms with Crippen molar-refractivity contribution in [2.45, 2.75) is 26.3 Å². The third kappa shape index (κ3) is 5.71. The van der Waals surface area contributed by atoms with Gasteiger partial charge in [0.25, 0.3) is 5.91 Å². The topological polar surface area (TPSA) is 92.9 Å². The van der Waals surface area contributed by atoms with Crippen molar-refractivity contribution in [1.82, 2.24) is 0 Å². The molecule has 3 aromatic rings. The molecular weight excluding hydrogens is 392 g/mol. The summed E-state index contributed by atoms with van der Waals surface area (Å²) in [6, 6.07) is 22.0. The molecule has 0 aliphatic carbocycles. The zero-order valence-electron chi connectivity index (χ0n) is 17.5. The second-order valence-electron chi connectivity index (χ2n) is 7.05. The molecule has 160 valence electrons. The maximum atomic E-state index is 13.5. The predicted octanol–water partition coefficient (Wildman–Crippen LogP) is 4.62. The molecule has 6 heteroatoms. The first-order chi connectivity index (χ1) is 15.0. The number of carbonyl (C=O) groups excluding carboxylic acids is 1. The average Bonchev–Trinajstić information content (AvgIpc) is 2.79. The van der Waals surface area contributed by atoms with E-state index in [-0.39, 0.29) is 18.7 Å². The summed E-state index contributed by atoms with van der Waals surface area (Å²) in [5, 5.41) is 9.11. The number of aliphatic carboxylic acids is 1. The molecule has 31 heavy (non-hydrogen) atoms. The lowest BCUT2D eigenvalue weighted by Crippen LogP contribution is -2.31. The Morgan fingerprint density at radius 1 is 0.968 bits per heavy atom. The molecule has 3 rings (SSSR count). The molecule has 0 heterocycles. The van der Waals surface area contributed by atoms with Crippen molar-refractivity contribution in [3.63, 3.8) is 0 Å². The van der Waals surface area contributed by atoms with Crippen LogP contribution in [-0.2, 0) is 17.8 Å². The molecule has 0 aliphatic heterocycles. The smallest absolute Gasteiger partial charge is 0.303 e. The number of benzene rings is 3. The number of hydrogen-bond donors (Lipinski definition) is 2. The second-order valence-corrected chi connectivity index (χ2v) is 7.05. The van der Waals surface area contributed by atoms with Gasteiger partial charge in [-0.25, -0.2) is 0 Å². The Morgan fingerprint density at radius 3 is 2.29 bits per heavy atom. The third-order valence-electron chi connectivity index (χ3n) is 4.94. The van der Waals surface area contributed by atoms with Crippen LogP contribution in [0, 0.1) is 0 Å². The molecule has 6 nitrogen and oxygen atoms in total. The van der Waals surface area contributed by atoms with Gasteiger partial charge in [-0.2, -0.15) is 0 Å². The van der Waals surface area contributed by atoms with Crippen LogP contribution in [0.5, 0.6) is 11.5 Å². The van der Waals surface area contributed by atoms with E-state index in [9.17, 15) is 9.59 Å². The van der Waals surface area contributed by atoms with E-state index >= 15 is 0 Å². The van der Waals surface area contributed by atoms with Crippen LogP contribution in [0.3, 0.4) is 0 Å². The Hall–Kier alpha value is -3.64. The molecule has 3 aromatic carbocycles. The normalized spacial score (nSPS) is 10.5. The molecule has 0 bridgehead atoms. The van der Waals surface area contributed by atoms with Gasteiger partial charge in [-0.1, -0.05) is 36.4 Å². The molecule has 3 N–H and O–H groups in total. The van der Waals surface area contributed by atoms with Crippen molar-refractivity contribution in [1.29, 1.82) is 0 Å². The Morgan fingerprint density at radius 2 is 1.68 bits per heavy atom. The minimum absolute atomic E-state index is 0.0590. The van der Waals surface area contributed by atoms with Gasteiger partial charge in [0.1, 0.15) is 11.5 Å². The highest BCUT2D eigenvalue weighted by Gasteiger charge is 2.21. The minimum atomic E-state index is -0.910. The summed E-state index contributed by atoms with van der Waals surface area (Å²) in [5.41, 5.74) is 8.51. The van der Waals surface area contributed by atoms with E-state index in [4.69, 9.17) is 15.6 Å². The fourth-order valence-electron chi connectivity index (χ4n) is 3.30. The molecule has 0 radical (unpaired) electrons. The Labute approximate surface area is 181 Å². The maximum absolute atomic E-state index is 13.5. The summed E-state index contributed by atoms with van der Waals surface area (Å²) in [4.78, 5) is 26.3. The fourth-order valence-corrected chi connectivity index (χ4v) is 3.30. The summed E-state index contributed by atoms with van der Waals surface area (Å²) in [6.45, 7) is 2.79. The fraction of sp³-hybridized carbons (Fsp3) is 0.200. The number of anilines is 1. The summed E-state index contributed by atoms with van der Waals surface area (Å²) in [6.07, 6.45) is 0.197. The van der Waals surface area contributed by atoms with Crippen LogP contribution in [0.1, 0.15) is 34.8 Å². The lowest BCUT2D eigenvalue weighted by atomic mass is 10.0. The molecule has 0 fully saturated rings. The van der Waals surface area contributed by atoms with Gasteiger partial charge in [-0.05, 0) is 60.9 Å². The first-order valence-corrected chi connectivity index (χ1v) is 10.2. The van der Waals surface area contributed by atoms with Crippen LogP contribution < -0.4 is 15.4 Å². The van der Waals surface area contributed by atoms with E-state index in [1.54, 1.807) is 23.1 Å².